The molecule has 0 aliphatic heterocycles. The topological polar surface area (TPSA) is 52.9 Å². The van der Waals surface area contributed by atoms with E-state index >= 15 is 0 Å². The Morgan fingerprint density at radius 3 is 2.21 bits per heavy atom. The maximum absolute atomic E-state index is 11.3. The highest BCUT2D eigenvalue weighted by Crippen LogP contribution is 2.26. The zero-order chi connectivity index (χ0) is 14.6. The normalized spacial score (nSPS) is 10.9. The van der Waals surface area contributed by atoms with Crippen molar-refractivity contribution in [3.05, 3.63) is 34.4 Å². The van der Waals surface area contributed by atoms with Crippen molar-refractivity contribution in [2.24, 2.45) is 0 Å². The first-order chi connectivity index (χ1) is 8.75. The van der Waals surface area contributed by atoms with Crippen LogP contribution in [0.1, 0.15) is 49.4 Å². The molecule has 3 heteroatoms. The number of rotatable bonds is 3. The summed E-state index contributed by atoms with van der Waals surface area (Å²) in [7, 11) is 0. The zero-order valence-corrected chi connectivity index (χ0v) is 12.4. The smallest absolute Gasteiger partial charge is 0.234 e. The quantitative estimate of drug-likeness (QED) is 0.905. The summed E-state index contributed by atoms with van der Waals surface area (Å²) < 4.78 is 0. The molecule has 19 heavy (non-hydrogen) atoms. The summed E-state index contributed by atoms with van der Waals surface area (Å²) in [5, 5.41) is 11.2. The molecule has 1 aromatic carbocycles. The third-order valence-corrected chi connectivity index (χ3v) is 3.26. The molecule has 0 spiro atoms. The van der Waals surface area contributed by atoms with E-state index in [2.05, 4.69) is 52.1 Å². The Kier molecular flexibility index (Phi) is 4.72. The molecular weight excluding hydrogens is 236 g/mol. The summed E-state index contributed by atoms with van der Waals surface area (Å²) in [6.45, 7) is 11.2. The van der Waals surface area contributed by atoms with E-state index in [1.54, 1.807) is 0 Å². The molecule has 3 nitrogen and oxygen atoms in total. The number of amides is 1. The average Bonchev–Trinajstić information content (AvgIpc) is 2.26. The molecule has 0 atom stereocenters. The van der Waals surface area contributed by atoms with E-state index < -0.39 is 0 Å². The first-order valence-corrected chi connectivity index (χ1v) is 6.50. The van der Waals surface area contributed by atoms with Crippen molar-refractivity contribution in [3.63, 3.8) is 0 Å². The molecule has 0 unspecified atom stereocenters. The monoisotopic (exact) mass is 258 g/mol. The van der Waals surface area contributed by atoms with Gasteiger partial charge in [-0.2, -0.15) is 5.26 Å². The fourth-order valence-electron chi connectivity index (χ4n) is 2.03. The van der Waals surface area contributed by atoms with Gasteiger partial charge in [0.2, 0.25) is 5.91 Å². The molecule has 1 N–H and O–H groups in total. The van der Waals surface area contributed by atoms with Gasteiger partial charge in [-0.05, 0) is 41.5 Å². The third kappa shape index (κ3) is 4.10. The lowest BCUT2D eigenvalue weighted by molar-refractivity contribution is -0.120. The van der Waals surface area contributed by atoms with E-state index in [1.165, 1.54) is 16.7 Å². The minimum absolute atomic E-state index is 0.0851. The first-order valence-electron chi connectivity index (χ1n) is 6.50. The minimum Gasteiger partial charge on any atom is -0.351 e. The highest BCUT2D eigenvalue weighted by atomic mass is 16.1. The number of hydrogen-bond acceptors (Lipinski definition) is 2. The number of nitrogens with zero attached hydrogens (tertiary/aromatic N) is 1. The molecule has 102 valence electrons. The molecule has 0 heterocycles. The van der Waals surface area contributed by atoms with Gasteiger partial charge in [-0.15, -0.1) is 0 Å². The van der Waals surface area contributed by atoms with Gasteiger partial charge in [0.1, 0.15) is 6.42 Å². The number of nitrogens with one attached hydrogen (secondary N) is 1. The summed E-state index contributed by atoms with van der Waals surface area (Å²) in [4.78, 5) is 11.3. The van der Waals surface area contributed by atoms with E-state index in [4.69, 9.17) is 5.26 Å². The highest BCUT2D eigenvalue weighted by molar-refractivity contribution is 5.78. The van der Waals surface area contributed by atoms with Gasteiger partial charge in [0, 0.05) is 6.54 Å². The van der Waals surface area contributed by atoms with Crippen molar-refractivity contribution in [3.8, 4) is 6.07 Å². The van der Waals surface area contributed by atoms with Gasteiger partial charge in [-0.3, -0.25) is 4.79 Å². The lowest BCUT2D eigenvalue weighted by Gasteiger charge is -2.22. The minimum atomic E-state index is -0.221. The maximum Gasteiger partial charge on any atom is 0.234 e. The molecule has 0 bridgehead atoms. The number of carbonyl (C=O) groups is 1. The van der Waals surface area contributed by atoms with Crippen molar-refractivity contribution in [1.82, 2.24) is 5.32 Å². The fraction of sp³-hybridized carbons (Fsp3) is 0.500. The van der Waals surface area contributed by atoms with Gasteiger partial charge in [0.15, 0.2) is 0 Å². The van der Waals surface area contributed by atoms with Crippen LogP contribution in [-0.2, 0) is 16.8 Å². The lowest BCUT2D eigenvalue weighted by Crippen LogP contribution is -2.23. The molecule has 1 amide bonds. The van der Waals surface area contributed by atoms with Crippen LogP contribution in [0.3, 0.4) is 0 Å². The highest BCUT2D eigenvalue weighted by Gasteiger charge is 2.16. The van der Waals surface area contributed by atoms with Crippen LogP contribution in [0.25, 0.3) is 0 Å². The summed E-state index contributed by atoms with van der Waals surface area (Å²) in [6, 6.07) is 6.21. The summed E-state index contributed by atoms with van der Waals surface area (Å²) in [5.74, 6) is -0.221. The number of nitriles is 1. The molecule has 1 aromatic rings. The van der Waals surface area contributed by atoms with Crippen LogP contribution in [-0.4, -0.2) is 5.91 Å². The van der Waals surface area contributed by atoms with Crippen LogP contribution in [0.15, 0.2) is 12.1 Å². The van der Waals surface area contributed by atoms with Crippen molar-refractivity contribution in [2.75, 3.05) is 0 Å². The Morgan fingerprint density at radius 1 is 1.26 bits per heavy atom. The van der Waals surface area contributed by atoms with Crippen molar-refractivity contribution < 1.29 is 4.79 Å². The van der Waals surface area contributed by atoms with Gasteiger partial charge in [-0.25, -0.2) is 0 Å². The molecular formula is C16H22N2O. The molecule has 0 aliphatic carbocycles. The van der Waals surface area contributed by atoms with Crippen LogP contribution < -0.4 is 5.32 Å². The Hall–Kier alpha value is -1.82. The maximum atomic E-state index is 11.3. The molecule has 0 aliphatic rings. The Bertz CT molecular complexity index is 496. The summed E-state index contributed by atoms with van der Waals surface area (Å²) in [6.07, 6.45) is -0.0851. The zero-order valence-electron chi connectivity index (χ0n) is 12.4. The summed E-state index contributed by atoms with van der Waals surface area (Å²) >= 11 is 0. The predicted octanol–water partition coefficient (Wildman–Crippen LogP) is 3.13. The molecule has 0 fully saturated rings. The summed E-state index contributed by atoms with van der Waals surface area (Å²) in [5.41, 5.74) is 4.93. The predicted molar refractivity (Wildman–Crippen MR) is 76.7 cm³/mol. The molecule has 0 aromatic heterocycles. The van der Waals surface area contributed by atoms with E-state index in [9.17, 15) is 4.79 Å². The second-order valence-corrected chi connectivity index (χ2v) is 5.95. The molecule has 1 rings (SSSR count). The van der Waals surface area contributed by atoms with Crippen molar-refractivity contribution in [2.45, 2.75) is 53.0 Å². The van der Waals surface area contributed by atoms with Crippen LogP contribution in [0.5, 0.6) is 0 Å². The van der Waals surface area contributed by atoms with E-state index in [-0.39, 0.29) is 17.7 Å². The Balaban J connectivity index is 2.93. The van der Waals surface area contributed by atoms with Crippen molar-refractivity contribution in [1.29, 1.82) is 5.26 Å². The Labute approximate surface area is 115 Å². The van der Waals surface area contributed by atoms with Gasteiger partial charge in [-0.1, -0.05) is 32.9 Å². The van der Waals surface area contributed by atoms with Crippen LogP contribution in [0, 0.1) is 25.2 Å². The molecule has 0 radical (unpaired) electrons. The van der Waals surface area contributed by atoms with E-state index in [0.29, 0.717) is 6.54 Å². The van der Waals surface area contributed by atoms with Crippen molar-refractivity contribution >= 4 is 5.91 Å². The number of aryl methyl sites for hydroxylation is 2. The molecule has 0 saturated carbocycles. The SMILES string of the molecule is Cc1cc(C(C)(C)C)cc(C)c1CNC(=O)CC#N. The standard InChI is InChI=1S/C16H22N2O/c1-11-8-13(16(3,4)5)9-12(2)14(11)10-18-15(19)6-7-17/h8-9H,6,10H2,1-5H3,(H,18,19). The van der Waals surface area contributed by atoms with E-state index in [1.807, 2.05) is 6.07 Å². The lowest BCUT2D eigenvalue weighted by atomic mass is 9.84. The van der Waals surface area contributed by atoms with Gasteiger partial charge < -0.3 is 5.32 Å². The van der Waals surface area contributed by atoms with Gasteiger partial charge >= 0.3 is 0 Å². The number of benzene rings is 1. The molecule has 0 saturated heterocycles. The number of carbonyl (C=O) groups excluding carboxylic acids is 1. The Morgan fingerprint density at radius 2 is 1.79 bits per heavy atom. The van der Waals surface area contributed by atoms with Crippen LogP contribution in [0.4, 0.5) is 0 Å². The first kappa shape index (κ1) is 15.2. The van der Waals surface area contributed by atoms with E-state index in [0.717, 1.165) is 5.56 Å². The third-order valence-electron chi connectivity index (χ3n) is 3.26. The largest absolute Gasteiger partial charge is 0.351 e. The van der Waals surface area contributed by atoms with Crippen LogP contribution in [0.2, 0.25) is 0 Å². The second kappa shape index (κ2) is 5.88. The second-order valence-electron chi connectivity index (χ2n) is 5.95. The fourth-order valence-corrected chi connectivity index (χ4v) is 2.03. The van der Waals surface area contributed by atoms with Gasteiger partial charge in [0.05, 0.1) is 6.07 Å². The van der Waals surface area contributed by atoms with Gasteiger partial charge in [0.25, 0.3) is 0 Å². The van der Waals surface area contributed by atoms with Crippen LogP contribution >= 0.6 is 0 Å². The average molecular weight is 258 g/mol. The number of hydrogen-bond donors (Lipinski definition) is 1.